The highest BCUT2D eigenvalue weighted by molar-refractivity contribution is 9.10. The van der Waals surface area contributed by atoms with Crippen LogP contribution in [-0.2, 0) is 11.2 Å². The number of ketones is 1. The van der Waals surface area contributed by atoms with Gasteiger partial charge in [-0.25, -0.2) is 0 Å². The van der Waals surface area contributed by atoms with Crippen molar-refractivity contribution in [1.82, 2.24) is 4.57 Å². The summed E-state index contributed by atoms with van der Waals surface area (Å²) in [6.07, 6.45) is 0.499. The van der Waals surface area contributed by atoms with Crippen LogP contribution in [0.3, 0.4) is 0 Å². The average molecular weight is 294 g/mol. The number of nitrogens with zero attached hydrogens (tertiary/aromatic N) is 1. The summed E-state index contributed by atoms with van der Waals surface area (Å²) in [7, 11) is 0. The van der Waals surface area contributed by atoms with Gasteiger partial charge in [0.2, 0.25) is 0 Å². The van der Waals surface area contributed by atoms with Crippen LogP contribution in [0.2, 0.25) is 0 Å². The maximum Gasteiger partial charge on any atom is 0.135 e. The summed E-state index contributed by atoms with van der Waals surface area (Å²) in [5, 5.41) is 1.18. The summed E-state index contributed by atoms with van der Waals surface area (Å²) < 4.78 is 3.32. The highest BCUT2D eigenvalue weighted by atomic mass is 79.9. The van der Waals surface area contributed by atoms with Gasteiger partial charge in [0.05, 0.1) is 0 Å². The first-order chi connectivity index (χ1) is 8.00. The van der Waals surface area contributed by atoms with Crippen LogP contribution in [0, 0.1) is 0 Å². The van der Waals surface area contributed by atoms with Crippen LogP contribution in [-0.4, -0.2) is 10.4 Å². The summed E-state index contributed by atoms with van der Waals surface area (Å²) >= 11 is 3.56. The van der Waals surface area contributed by atoms with Gasteiger partial charge in [0, 0.05) is 33.5 Å². The third-order valence-electron chi connectivity index (χ3n) is 2.86. The van der Waals surface area contributed by atoms with Gasteiger partial charge in [-0.3, -0.25) is 4.79 Å². The Morgan fingerprint density at radius 1 is 1.41 bits per heavy atom. The number of hydrogen-bond donors (Lipinski definition) is 0. The van der Waals surface area contributed by atoms with E-state index in [-0.39, 0.29) is 5.78 Å². The molecule has 0 atom stereocenters. The second-order valence-corrected chi connectivity index (χ2v) is 5.51. The molecule has 0 fully saturated rings. The molecule has 0 spiro atoms. The van der Waals surface area contributed by atoms with Crippen LogP contribution in [0.1, 0.15) is 32.5 Å². The molecule has 0 saturated carbocycles. The van der Waals surface area contributed by atoms with Gasteiger partial charge in [-0.15, -0.1) is 0 Å². The average Bonchev–Trinajstić information content (AvgIpc) is 2.56. The lowest BCUT2D eigenvalue weighted by molar-refractivity contribution is -0.116. The maximum atomic E-state index is 11.3. The molecule has 0 radical (unpaired) electrons. The van der Waals surface area contributed by atoms with Gasteiger partial charge in [0.1, 0.15) is 5.78 Å². The van der Waals surface area contributed by atoms with Crippen molar-refractivity contribution in [2.24, 2.45) is 0 Å². The lowest BCUT2D eigenvalue weighted by atomic mass is 10.2. The first-order valence-electron chi connectivity index (χ1n) is 5.78. The molecule has 2 aromatic rings. The molecule has 2 rings (SSSR count). The zero-order chi connectivity index (χ0) is 12.6. The molecular weight excluding hydrogens is 278 g/mol. The van der Waals surface area contributed by atoms with Gasteiger partial charge in [0.15, 0.2) is 0 Å². The Morgan fingerprint density at radius 2 is 2.12 bits per heavy atom. The lowest BCUT2D eigenvalue weighted by Crippen LogP contribution is -2.08. The molecule has 1 aromatic heterocycles. The molecule has 0 N–H and O–H groups in total. The monoisotopic (exact) mass is 293 g/mol. The van der Waals surface area contributed by atoms with Gasteiger partial charge in [-0.05, 0) is 39.0 Å². The van der Waals surface area contributed by atoms with E-state index in [9.17, 15) is 4.79 Å². The Bertz CT molecular complexity index is 569. The SMILES string of the molecule is CC(=O)Cc1cc2c(Br)cccc2n1C(C)C. The maximum absolute atomic E-state index is 11.3. The number of aromatic nitrogens is 1. The Morgan fingerprint density at radius 3 is 2.71 bits per heavy atom. The second-order valence-electron chi connectivity index (χ2n) is 4.65. The minimum Gasteiger partial charge on any atom is -0.342 e. The fourth-order valence-electron chi connectivity index (χ4n) is 2.27. The van der Waals surface area contributed by atoms with E-state index in [0.717, 1.165) is 10.2 Å². The van der Waals surface area contributed by atoms with Gasteiger partial charge >= 0.3 is 0 Å². The summed E-state index contributed by atoms with van der Waals surface area (Å²) in [6.45, 7) is 5.92. The van der Waals surface area contributed by atoms with Gasteiger partial charge in [-0.1, -0.05) is 22.0 Å². The third kappa shape index (κ3) is 2.29. The fraction of sp³-hybridized carbons (Fsp3) is 0.357. The lowest BCUT2D eigenvalue weighted by Gasteiger charge is -2.14. The van der Waals surface area contributed by atoms with E-state index >= 15 is 0 Å². The first kappa shape index (κ1) is 12.4. The second kappa shape index (κ2) is 4.65. The molecular formula is C14H16BrNO. The number of fused-ring (bicyclic) bond motifs is 1. The highest BCUT2D eigenvalue weighted by Gasteiger charge is 2.13. The van der Waals surface area contributed by atoms with Crippen molar-refractivity contribution in [3.63, 3.8) is 0 Å². The minimum absolute atomic E-state index is 0.200. The highest BCUT2D eigenvalue weighted by Crippen LogP contribution is 2.30. The molecule has 0 saturated heterocycles. The van der Waals surface area contributed by atoms with E-state index in [1.165, 1.54) is 10.9 Å². The Kier molecular flexibility index (Phi) is 3.38. The molecule has 0 amide bonds. The number of hydrogen-bond acceptors (Lipinski definition) is 1. The van der Waals surface area contributed by atoms with Crippen LogP contribution >= 0.6 is 15.9 Å². The van der Waals surface area contributed by atoms with Crippen molar-refractivity contribution in [1.29, 1.82) is 0 Å². The number of carbonyl (C=O) groups is 1. The van der Waals surface area contributed by atoms with Gasteiger partial charge < -0.3 is 4.57 Å². The predicted molar refractivity (Wildman–Crippen MR) is 74.4 cm³/mol. The standard InChI is InChI=1S/C14H16BrNO/c1-9(2)16-11(7-10(3)17)8-12-13(15)5-4-6-14(12)16/h4-6,8-9H,7H2,1-3H3. The summed E-state index contributed by atoms with van der Waals surface area (Å²) in [5.41, 5.74) is 2.28. The van der Waals surface area contributed by atoms with Crippen LogP contribution in [0.5, 0.6) is 0 Å². The number of Topliss-reactive ketones (excluding diaryl/α,β-unsaturated/α-hetero) is 1. The van der Waals surface area contributed by atoms with E-state index in [1.807, 2.05) is 12.1 Å². The summed E-state index contributed by atoms with van der Waals surface area (Å²) in [6, 6.07) is 8.63. The Labute approximate surface area is 110 Å². The number of rotatable bonds is 3. The van der Waals surface area contributed by atoms with Crippen LogP contribution in [0.15, 0.2) is 28.7 Å². The van der Waals surface area contributed by atoms with Crippen LogP contribution < -0.4 is 0 Å². The molecule has 1 heterocycles. The molecule has 0 aliphatic heterocycles. The van der Waals surface area contributed by atoms with Crippen molar-refractivity contribution in [3.8, 4) is 0 Å². The van der Waals surface area contributed by atoms with Crippen molar-refractivity contribution >= 4 is 32.6 Å². The fourth-order valence-corrected chi connectivity index (χ4v) is 2.74. The molecule has 3 heteroatoms. The molecule has 17 heavy (non-hydrogen) atoms. The first-order valence-corrected chi connectivity index (χ1v) is 6.57. The van der Waals surface area contributed by atoms with Crippen molar-refractivity contribution in [2.75, 3.05) is 0 Å². The topological polar surface area (TPSA) is 22.0 Å². The largest absolute Gasteiger partial charge is 0.342 e. The number of carbonyl (C=O) groups excluding carboxylic acids is 1. The molecule has 0 unspecified atom stereocenters. The molecule has 2 nitrogen and oxygen atoms in total. The zero-order valence-electron chi connectivity index (χ0n) is 10.3. The van der Waals surface area contributed by atoms with Crippen molar-refractivity contribution in [2.45, 2.75) is 33.2 Å². The van der Waals surface area contributed by atoms with Crippen LogP contribution in [0.25, 0.3) is 10.9 Å². The van der Waals surface area contributed by atoms with Crippen LogP contribution in [0.4, 0.5) is 0 Å². The molecule has 0 bridgehead atoms. The molecule has 90 valence electrons. The summed E-state index contributed by atoms with van der Waals surface area (Å²) in [4.78, 5) is 11.3. The Balaban J connectivity index is 2.70. The third-order valence-corrected chi connectivity index (χ3v) is 3.55. The van der Waals surface area contributed by atoms with Gasteiger partial charge in [0.25, 0.3) is 0 Å². The molecule has 0 aliphatic rings. The van der Waals surface area contributed by atoms with Gasteiger partial charge in [-0.2, -0.15) is 0 Å². The Hall–Kier alpha value is -1.09. The van der Waals surface area contributed by atoms with Crippen molar-refractivity contribution in [3.05, 3.63) is 34.4 Å². The number of halogens is 1. The van der Waals surface area contributed by atoms with E-state index in [2.05, 4.69) is 46.5 Å². The summed E-state index contributed by atoms with van der Waals surface area (Å²) in [5.74, 6) is 0.200. The van der Waals surface area contributed by atoms with E-state index in [4.69, 9.17) is 0 Å². The molecule has 0 aliphatic carbocycles. The van der Waals surface area contributed by atoms with E-state index < -0.39 is 0 Å². The van der Waals surface area contributed by atoms with E-state index in [0.29, 0.717) is 12.5 Å². The molecule has 1 aromatic carbocycles. The van der Waals surface area contributed by atoms with E-state index in [1.54, 1.807) is 6.92 Å². The quantitative estimate of drug-likeness (QED) is 0.834. The minimum atomic E-state index is 0.200. The zero-order valence-corrected chi connectivity index (χ0v) is 11.9. The number of benzene rings is 1. The predicted octanol–water partition coefficient (Wildman–Crippen LogP) is 4.12. The normalized spacial score (nSPS) is 11.4. The smallest absolute Gasteiger partial charge is 0.135 e. The van der Waals surface area contributed by atoms with Crippen molar-refractivity contribution < 1.29 is 4.79 Å².